The van der Waals surface area contributed by atoms with E-state index in [2.05, 4.69) is 6.07 Å². The quantitative estimate of drug-likeness (QED) is 0.919. The van der Waals surface area contributed by atoms with E-state index in [1.54, 1.807) is 11.4 Å². The van der Waals surface area contributed by atoms with Crippen LogP contribution in [-0.2, 0) is 22.3 Å². The van der Waals surface area contributed by atoms with Gasteiger partial charge in [-0.15, -0.1) is 11.3 Å². The van der Waals surface area contributed by atoms with Gasteiger partial charge in [-0.25, -0.2) is 4.79 Å². The van der Waals surface area contributed by atoms with E-state index in [4.69, 9.17) is 5.11 Å². The SMILES string of the molecule is Cc1cc(C)cc(CS(=O)Cc2ccsc2C(=O)O)c1. The number of carboxylic acids is 1. The Morgan fingerprint density at radius 2 is 1.85 bits per heavy atom. The maximum Gasteiger partial charge on any atom is 0.346 e. The molecular formula is C15H16O3S2. The van der Waals surface area contributed by atoms with Gasteiger partial charge in [0.1, 0.15) is 4.88 Å². The molecule has 0 aliphatic heterocycles. The Labute approximate surface area is 124 Å². The number of rotatable bonds is 5. The smallest absolute Gasteiger partial charge is 0.346 e. The summed E-state index contributed by atoms with van der Waals surface area (Å²) < 4.78 is 12.2. The zero-order valence-electron chi connectivity index (χ0n) is 11.4. The number of aryl methyl sites for hydroxylation is 2. The molecule has 106 valence electrons. The summed E-state index contributed by atoms with van der Waals surface area (Å²) in [6.45, 7) is 4.03. The topological polar surface area (TPSA) is 54.4 Å². The molecule has 5 heteroatoms. The highest BCUT2D eigenvalue weighted by Crippen LogP contribution is 2.20. The average Bonchev–Trinajstić information content (AvgIpc) is 2.75. The molecule has 0 amide bonds. The van der Waals surface area contributed by atoms with Gasteiger partial charge < -0.3 is 5.11 Å². The van der Waals surface area contributed by atoms with Crippen LogP contribution in [0.5, 0.6) is 0 Å². The highest BCUT2D eigenvalue weighted by atomic mass is 32.2. The van der Waals surface area contributed by atoms with Crippen LogP contribution in [0.25, 0.3) is 0 Å². The summed E-state index contributed by atoms with van der Waals surface area (Å²) in [6, 6.07) is 7.87. The van der Waals surface area contributed by atoms with Crippen molar-refractivity contribution in [2.75, 3.05) is 0 Å². The largest absolute Gasteiger partial charge is 0.477 e. The first-order valence-electron chi connectivity index (χ1n) is 6.17. The van der Waals surface area contributed by atoms with Crippen LogP contribution in [0.3, 0.4) is 0 Å². The van der Waals surface area contributed by atoms with E-state index in [9.17, 15) is 9.00 Å². The summed E-state index contributed by atoms with van der Waals surface area (Å²) in [5, 5.41) is 10.8. The molecule has 1 aromatic carbocycles. The second-order valence-electron chi connectivity index (χ2n) is 4.80. The predicted molar refractivity (Wildman–Crippen MR) is 82.7 cm³/mol. The van der Waals surface area contributed by atoms with Crippen LogP contribution in [0.1, 0.15) is 31.9 Å². The number of aromatic carboxylic acids is 1. The zero-order valence-corrected chi connectivity index (χ0v) is 13.0. The zero-order chi connectivity index (χ0) is 14.7. The number of carboxylic acid groups (broad SMARTS) is 1. The van der Waals surface area contributed by atoms with Gasteiger partial charge in [0, 0.05) is 16.6 Å². The lowest BCUT2D eigenvalue weighted by Crippen LogP contribution is -2.03. The van der Waals surface area contributed by atoms with Crippen LogP contribution in [0.15, 0.2) is 29.6 Å². The fourth-order valence-corrected chi connectivity index (χ4v) is 4.28. The third-order valence-electron chi connectivity index (χ3n) is 2.87. The molecule has 0 bridgehead atoms. The lowest BCUT2D eigenvalue weighted by molar-refractivity contribution is 0.0701. The molecule has 3 nitrogen and oxygen atoms in total. The molecule has 1 atom stereocenters. The minimum absolute atomic E-state index is 0.290. The summed E-state index contributed by atoms with van der Waals surface area (Å²) >= 11 is 1.18. The Morgan fingerprint density at radius 3 is 2.45 bits per heavy atom. The molecule has 2 rings (SSSR count). The lowest BCUT2D eigenvalue weighted by Gasteiger charge is -2.05. The molecule has 1 aromatic heterocycles. The van der Waals surface area contributed by atoms with E-state index in [1.807, 2.05) is 26.0 Å². The first-order valence-corrected chi connectivity index (χ1v) is 8.54. The molecule has 2 aromatic rings. The van der Waals surface area contributed by atoms with Crippen LogP contribution < -0.4 is 0 Å². The van der Waals surface area contributed by atoms with Gasteiger partial charge in [-0.3, -0.25) is 4.21 Å². The predicted octanol–water partition coefficient (Wildman–Crippen LogP) is 3.51. The van der Waals surface area contributed by atoms with E-state index in [1.165, 1.54) is 11.3 Å². The lowest BCUT2D eigenvalue weighted by atomic mass is 10.1. The minimum atomic E-state index is -1.10. The minimum Gasteiger partial charge on any atom is -0.477 e. The third-order valence-corrected chi connectivity index (χ3v) is 5.10. The number of hydrogen-bond acceptors (Lipinski definition) is 3. The molecule has 0 saturated heterocycles. The fourth-order valence-electron chi connectivity index (χ4n) is 2.20. The van der Waals surface area contributed by atoms with Crippen molar-refractivity contribution in [3.05, 3.63) is 56.8 Å². The van der Waals surface area contributed by atoms with Crippen LogP contribution in [-0.4, -0.2) is 15.3 Å². The molecular weight excluding hydrogens is 292 g/mol. The Balaban J connectivity index is 2.09. The van der Waals surface area contributed by atoms with Gasteiger partial charge in [-0.1, -0.05) is 29.3 Å². The summed E-state index contributed by atoms with van der Waals surface area (Å²) in [4.78, 5) is 11.3. The highest BCUT2D eigenvalue weighted by molar-refractivity contribution is 7.83. The van der Waals surface area contributed by atoms with E-state index in [-0.39, 0.29) is 5.75 Å². The van der Waals surface area contributed by atoms with Crippen LogP contribution in [0.4, 0.5) is 0 Å². The van der Waals surface area contributed by atoms with Gasteiger partial charge in [0.05, 0.1) is 5.75 Å². The van der Waals surface area contributed by atoms with Crippen molar-refractivity contribution in [3.8, 4) is 0 Å². The van der Waals surface area contributed by atoms with E-state index in [0.29, 0.717) is 16.2 Å². The van der Waals surface area contributed by atoms with Gasteiger partial charge in [0.25, 0.3) is 0 Å². The van der Waals surface area contributed by atoms with Crippen LogP contribution in [0.2, 0.25) is 0 Å². The summed E-state index contributed by atoms with van der Waals surface area (Å²) in [5.41, 5.74) is 4.00. The van der Waals surface area contributed by atoms with Crippen LogP contribution >= 0.6 is 11.3 Å². The molecule has 0 saturated carbocycles. The number of thiophene rings is 1. The molecule has 20 heavy (non-hydrogen) atoms. The van der Waals surface area contributed by atoms with Crippen molar-refractivity contribution >= 4 is 28.1 Å². The molecule has 0 radical (unpaired) electrons. The Kier molecular flexibility index (Phi) is 4.73. The van der Waals surface area contributed by atoms with Gasteiger partial charge >= 0.3 is 5.97 Å². The third kappa shape index (κ3) is 3.77. The number of hydrogen-bond donors (Lipinski definition) is 1. The van der Waals surface area contributed by atoms with E-state index >= 15 is 0 Å². The molecule has 0 aliphatic carbocycles. The van der Waals surface area contributed by atoms with E-state index in [0.717, 1.165) is 16.7 Å². The van der Waals surface area contributed by atoms with Crippen LogP contribution in [0, 0.1) is 13.8 Å². The summed E-state index contributed by atoms with van der Waals surface area (Å²) in [6.07, 6.45) is 0. The maximum absolute atomic E-state index is 12.2. The van der Waals surface area contributed by atoms with Gasteiger partial charge in [0.15, 0.2) is 0 Å². The van der Waals surface area contributed by atoms with Crippen molar-refractivity contribution in [3.63, 3.8) is 0 Å². The number of benzene rings is 1. The second kappa shape index (κ2) is 6.33. The molecule has 1 heterocycles. The Bertz CT molecular complexity index is 639. The molecule has 1 unspecified atom stereocenters. The molecule has 0 fully saturated rings. The first kappa shape index (κ1) is 14.9. The highest BCUT2D eigenvalue weighted by Gasteiger charge is 2.14. The maximum atomic E-state index is 12.2. The average molecular weight is 308 g/mol. The standard InChI is InChI=1S/C15H16O3S2/c1-10-5-11(2)7-12(6-10)8-20(18)9-13-3-4-19-14(13)15(16)17/h3-7H,8-9H2,1-2H3,(H,16,17). The van der Waals surface area contributed by atoms with Gasteiger partial charge in [-0.05, 0) is 36.4 Å². The first-order chi connectivity index (χ1) is 9.45. The molecule has 0 aliphatic rings. The van der Waals surface area contributed by atoms with Crippen molar-refractivity contribution in [1.29, 1.82) is 0 Å². The van der Waals surface area contributed by atoms with Gasteiger partial charge in [0.2, 0.25) is 0 Å². The second-order valence-corrected chi connectivity index (χ2v) is 7.18. The summed E-state index contributed by atoms with van der Waals surface area (Å²) in [7, 11) is -1.10. The monoisotopic (exact) mass is 308 g/mol. The normalized spacial score (nSPS) is 12.3. The summed E-state index contributed by atoms with van der Waals surface area (Å²) in [5.74, 6) is -0.200. The Hall–Kier alpha value is -1.46. The van der Waals surface area contributed by atoms with Crippen molar-refractivity contribution < 1.29 is 14.1 Å². The molecule has 1 N–H and O–H groups in total. The fraction of sp³-hybridized carbons (Fsp3) is 0.267. The van der Waals surface area contributed by atoms with Gasteiger partial charge in [-0.2, -0.15) is 0 Å². The number of carbonyl (C=O) groups is 1. The van der Waals surface area contributed by atoms with Crippen molar-refractivity contribution in [2.24, 2.45) is 0 Å². The van der Waals surface area contributed by atoms with E-state index < -0.39 is 16.8 Å². The Morgan fingerprint density at radius 1 is 1.20 bits per heavy atom. The molecule has 0 spiro atoms. The van der Waals surface area contributed by atoms with Crippen molar-refractivity contribution in [2.45, 2.75) is 25.4 Å². The van der Waals surface area contributed by atoms with Crippen molar-refractivity contribution in [1.82, 2.24) is 0 Å².